The molecular weight excluding hydrogens is 355 g/mol. The first-order chi connectivity index (χ1) is 12.4. The van der Waals surface area contributed by atoms with Gasteiger partial charge >= 0.3 is 0 Å². The highest BCUT2D eigenvalue weighted by Crippen LogP contribution is 2.18. The molecule has 0 saturated carbocycles. The smallest absolute Gasteiger partial charge is 0.255 e. The molecule has 0 spiro atoms. The summed E-state index contributed by atoms with van der Waals surface area (Å²) in [6, 6.07) is 11.2. The van der Waals surface area contributed by atoms with Crippen molar-refractivity contribution in [2.24, 2.45) is 0 Å². The van der Waals surface area contributed by atoms with Crippen LogP contribution in [-0.4, -0.2) is 31.7 Å². The molecule has 26 heavy (non-hydrogen) atoms. The predicted octanol–water partition coefficient (Wildman–Crippen LogP) is 3.89. The third-order valence-electron chi connectivity index (χ3n) is 3.80. The quantitative estimate of drug-likeness (QED) is 0.758. The van der Waals surface area contributed by atoms with Gasteiger partial charge in [0.1, 0.15) is 5.82 Å². The van der Waals surface area contributed by atoms with E-state index in [-0.39, 0.29) is 16.6 Å². The van der Waals surface area contributed by atoms with Crippen molar-refractivity contribution in [3.8, 4) is 0 Å². The molecule has 0 heterocycles. The fourth-order valence-electron chi connectivity index (χ4n) is 2.51. The second-order valence-electron chi connectivity index (χ2n) is 5.89. The minimum absolute atomic E-state index is 0.165. The van der Waals surface area contributed by atoms with Crippen molar-refractivity contribution in [2.45, 2.75) is 31.6 Å². The van der Waals surface area contributed by atoms with E-state index in [1.165, 1.54) is 52.8 Å². The normalized spacial score (nSPS) is 11.5. The third-order valence-corrected chi connectivity index (χ3v) is 5.72. The number of nitrogens with one attached hydrogen (secondary N) is 1. The van der Waals surface area contributed by atoms with Gasteiger partial charge in [-0.2, -0.15) is 4.31 Å². The fraction of sp³-hybridized carbons (Fsp3) is 0.316. The zero-order valence-corrected chi connectivity index (χ0v) is 15.7. The molecule has 0 aromatic heterocycles. The monoisotopic (exact) mass is 378 g/mol. The van der Waals surface area contributed by atoms with Crippen LogP contribution in [0.25, 0.3) is 0 Å². The molecule has 0 unspecified atom stereocenters. The zero-order valence-electron chi connectivity index (χ0n) is 14.9. The Balaban J connectivity index is 2.16. The molecule has 1 N–H and O–H groups in total. The second kappa shape index (κ2) is 8.91. The van der Waals surface area contributed by atoms with E-state index in [9.17, 15) is 17.6 Å². The first kappa shape index (κ1) is 20.1. The van der Waals surface area contributed by atoms with Crippen molar-refractivity contribution >= 4 is 21.6 Å². The molecule has 0 aliphatic carbocycles. The second-order valence-corrected chi connectivity index (χ2v) is 7.83. The van der Waals surface area contributed by atoms with E-state index in [2.05, 4.69) is 5.32 Å². The molecule has 0 bridgehead atoms. The van der Waals surface area contributed by atoms with Crippen LogP contribution in [0.3, 0.4) is 0 Å². The molecule has 2 aromatic rings. The van der Waals surface area contributed by atoms with E-state index in [1.807, 2.05) is 13.8 Å². The Kier molecular flexibility index (Phi) is 6.88. The molecule has 0 atom stereocenters. The number of sulfonamides is 1. The van der Waals surface area contributed by atoms with Crippen molar-refractivity contribution in [1.29, 1.82) is 0 Å². The van der Waals surface area contributed by atoms with Gasteiger partial charge in [-0.15, -0.1) is 0 Å². The molecule has 2 aromatic carbocycles. The van der Waals surface area contributed by atoms with Crippen LogP contribution in [0.1, 0.15) is 37.0 Å². The van der Waals surface area contributed by atoms with Crippen molar-refractivity contribution in [3.63, 3.8) is 0 Å². The van der Waals surface area contributed by atoms with E-state index >= 15 is 0 Å². The van der Waals surface area contributed by atoms with Gasteiger partial charge in [0.25, 0.3) is 5.91 Å². The Morgan fingerprint density at radius 2 is 1.50 bits per heavy atom. The molecule has 0 aliphatic rings. The van der Waals surface area contributed by atoms with E-state index < -0.39 is 10.0 Å². The van der Waals surface area contributed by atoms with E-state index in [0.29, 0.717) is 24.3 Å². The lowest BCUT2D eigenvalue weighted by Crippen LogP contribution is -2.32. The fourth-order valence-corrected chi connectivity index (χ4v) is 4.14. The Hall–Kier alpha value is -2.25. The van der Waals surface area contributed by atoms with Crippen molar-refractivity contribution in [1.82, 2.24) is 4.31 Å². The van der Waals surface area contributed by atoms with Gasteiger partial charge in [-0.25, -0.2) is 12.8 Å². The largest absolute Gasteiger partial charge is 0.322 e. The number of hydrogen-bond donors (Lipinski definition) is 1. The lowest BCUT2D eigenvalue weighted by molar-refractivity contribution is 0.102. The van der Waals surface area contributed by atoms with Gasteiger partial charge in [0, 0.05) is 24.3 Å². The van der Waals surface area contributed by atoms with Crippen molar-refractivity contribution < 1.29 is 17.6 Å². The average molecular weight is 378 g/mol. The zero-order chi connectivity index (χ0) is 19.2. The summed E-state index contributed by atoms with van der Waals surface area (Å²) in [5.74, 6) is -0.777. The number of benzene rings is 2. The lowest BCUT2D eigenvalue weighted by atomic mass is 10.2. The Labute approximate surface area is 153 Å². The highest BCUT2D eigenvalue weighted by atomic mass is 32.2. The first-order valence-corrected chi connectivity index (χ1v) is 9.99. The third kappa shape index (κ3) is 4.89. The number of amides is 1. The maximum absolute atomic E-state index is 12.9. The van der Waals surface area contributed by atoms with Gasteiger partial charge in [-0.3, -0.25) is 4.79 Å². The number of carbonyl (C=O) groups is 1. The van der Waals surface area contributed by atoms with Gasteiger partial charge in [0.05, 0.1) is 4.90 Å². The van der Waals surface area contributed by atoms with Crippen LogP contribution in [0.2, 0.25) is 0 Å². The minimum Gasteiger partial charge on any atom is -0.322 e. The number of anilines is 1. The molecule has 0 aliphatic heterocycles. The standard InChI is InChI=1S/C19H23FN2O3S/c1-3-13-22(14-4-2)26(24,25)18-11-5-15(6-12-18)19(23)21-17-9-7-16(20)8-10-17/h5-12H,3-4,13-14H2,1-2H3,(H,21,23). The average Bonchev–Trinajstić information content (AvgIpc) is 2.63. The Bertz CT molecular complexity index is 828. The summed E-state index contributed by atoms with van der Waals surface area (Å²) < 4.78 is 39.8. The highest BCUT2D eigenvalue weighted by Gasteiger charge is 2.23. The molecule has 0 fully saturated rings. The molecule has 7 heteroatoms. The SMILES string of the molecule is CCCN(CCC)S(=O)(=O)c1ccc(C(=O)Nc2ccc(F)cc2)cc1. The van der Waals surface area contributed by atoms with E-state index in [1.54, 1.807) is 0 Å². The van der Waals surface area contributed by atoms with Crippen LogP contribution in [0.4, 0.5) is 10.1 Å². The van der Waals surface area contributed by atoms with Crippen LogP contribution in [0.5, 0.6) is 0 Å². The summed E-state index contributed by atoms with van der Waals surface area (Å²) in [5, 5.41) is 2.64. The highest BCUT2D eigenvalue weighted by molar-refractivity contribution is 7.89. The van der Waals surface area contributed by atoms with Crippen LogP contribution in [0.15, 0.2) is 53.4 Å². The van der Waals surface area contributed by atoms with Crippen molar-refractivity contribution in [3.05, 3.63) is 59.9 Å². The number of carbonyl (C=O) groups excluding carboxylic acids is 1. The van der Waals surface area contributed by atoms with Gasteiger partial charge in [-0.1, -0.05) is 13.8 Å². The molecule has 0 saturated heterocycles. The summed E-state index contributed by atoms with van der Waals surface area (Å²) >= 11 is 0. The van der Waals surface area contributed by atoms with Gasteiger partial charge in [-0.05, 0) is 61.4 Å². The summed E-state index contributed by atoms with van der Waals surface area (Å²) in [4.78, 5) is 12.4. The first-order valence-electron chi connectivity index (χ1n) is 8.55. The van der Waals surface area contributed by atoms with Crippen molar-refractivity contribution in [2.75, 3.05) is 18.4 Å². The minimum atomic E-state index is -3.57. The molecule has 0 radical (unpaired) electrons. The van der Waals surface area contributed by atoms with Crippen LogP contribution < -0.4 is 5.32 Å². The Morgan fingerprint density at radius 3 is 2.00 bits per heavy atom. The maximum Gasteiger partial charge on any atom is 0.255 e. The van der Waals surface area contributed by atoms with Crippen LogP contribution >= 0.6 is 0 Å². The van der Waals surface area contributed by atoms with E-state index in [4.69, 9.17) is 0 Å². The summed E-state index contributed by atoms with van der Waals surface area (Å²) in [6.07, 6.45) is 1.47. The van der Waals surface area contributed by atoms with Crippen LogP contribution in [-0.2, 0) is 10.0 Å². The number of nitrogens with zero attached hydrogens (tertiary/aromatic N) is 1. The van der Waals surface area contributed by atoms with Crippen LogP contribution in [0, 0.1) is 5.82 Å². The Morgan fingerprint density at radius 1 is 0.962 bits per heavy atom. The molecule has 140 valence electrons. The topological polar surface area (TPSA) is 66.5 Å². The summed E-state index contributed by atoms with van der Waals surface area (Å²) in [5.41, 5.74) is 0.788. The van der Waals surface area contributed by atoms with Gasteiger partial charge in [0.15, 0.2) is 0 Å². The lowest BCUT2D eigenvalue weighted by Gasteiger charge is -2.21. The summed E-state index contributed by atoms with van der Waals surface area (Å²) in [6.45, 7) is 4.79. The van der Waals surface area contributed by atoms with E-state index in [0.717, 1.165) is 12.8 Å². The maximum atomic E-state index is 12.9. The number of hydrogen-bond acceptors (Lipinski definition) is 3. The van der Waals surface area contributed by atoms with Gasteiger partial charge < -0.3 is 5.32 Å². The number of halogens is 1. The molecular formula is C19H23FN2O3S. The predicted molar refractivity (Wildman–Crippen MR) is 100 cm³/mol. The summed E-state index contributed by atoms with van der Waals surface area (Å²) in [7, 11) is -3.57. The molecule has 1 amide bonds. The number of rotatable bonds is 8. The molecule has 5 nitrogen and oxygen atoms in total. The van der Waals surface area contributed by atoms with Gasteiger partial charge in [0.2, 0.25) is 10.0 Å². The molecule has 2 rings (SSSR count).